The van der Waals surface area contributed by atoms with E-state index in [4.69, 9.17) is 10.1 Å². The summed E-state index contributed by atoms with van der Waals surface area (Å²) >= 11 is 0. The number of nitrogens with zero attached hydrogens (tertiary/aromatic N) is 1. The van der Waals surface area contributed by atoms with Crippen molar-refractivity contribution in [2.45, 2.75) is 24.5 Å². The highest BCUT2D eigenvalue weighted by Gasteiger charge is 2.56. The van der Waals surface area contributed by atoms with Gasteiger partial charge in [0.2, 0.25) is 5.91 Å². The van der Waals surface area contributed by atoms with Crippen LogP contribution in [0.4, 0.5) is 17.6 Å². The Kier molecular flexibility index (Phi) is 3.98. The van der Waals surface area contributed by atoms with Crippen molar-refractivity contribution < 1.29 is 27.1 Å². The van der Waals surface area contributed by atoms with E-state index in [0.717, 1.165) is 17.0 Å². The highest BCUT2D eigenvalue weighted by atomic mass is 19.3. The number of carbonyl (C=O) groups is 1. The molecule has 1 aromatic carbocycles. The molecule has 2 N–H and O–H groups in total. The zero-order valence-electron chi connectivity index (χ0n) is 12.7. The Labute approximate surface area is 135 Å². The smallest absolute Gasteiger partial charge is 0.264 e. The minimum Gasteiger partial charge on any atom is -0.369 e. The first-order chi connectivity index (χ1) is 11.3. The number of alkyl halides is 2. The Bertz CT molecular complexity index is 699. The third-order valence-corrected chi connectivity index (χ3v) is 4.59. The molecule has 2 saturated heterocycles. The van der Waals surface area contributed by atoms with E-state index < -0.39 is 48.1 Å². The second-order valence-corrected chi connectivity index (χ2v) is 5.94. The quantitative estimate of drug-likeness (QED) is 0.804. The molecule has 2 fully saturated rings. The van der Waals surface area contributed by atoms with E-state index in [9.17, 15) is 22.4 Å². The van der Waals surface area contributed by atoms with Gasteiger partial charge in [-0.25, -0.2) is 17.6 Å². The van der Waals surface area contributed by atoms with Crippen molar-refractivity contribution in [2.24, 2.45) is 5.92 Å². The van der Waals surface area contributed by atoms with Gasteiger partial charge in [0.25, 0.3) is 6.43 Å². The van der Waals surface area contributed by atoms with Gasteiger partial charge in [-0.2, -0.15) is 0 Å². The number of amides is 1. The summed E-state index contributed by atoms with van der Waals surface area (Å²) in [5.74, 6) is -3.70. The van der Waals surface area contributed by atoms with Crippen LogP contribution in [0, 0.1) is 23.0 Å². The second-order valence-electron chi connectivity index (χ2n) is 5.94. The Morgan fingerprint density at radius 2 is 2.12 bits per heavy atom. The molecule has 1 aromatic rings. The van der Waals surface area contributed by atoms with Gasteiger partial charge in [-0.05, 0) is 12.5 Å². The van der Waals surface area contributed by atoms with Crippen LogP contribution >= 0.6 is 0 Å². The predicted molar refractivity (Wildman–Crippen MR) is 75.5 cm³/mol. The highest BCUT2D eigenvalue weighted by molar-refractivity contribution is 6.00. The largest absolute Gasteiger partial charge is 0.369 e. The third kappa shape index (κ3) is 2.43. The normalized spacial score (nSPS) is 30.3. The number of hydrogen-bond donors (Lipinski definition) is 2. The molecule has 3 rings (SSSR count). The molecule has 0 aromatic heterocycles. The standard InChI is InChI=1S/C15H15F4N3O2/c1-22-13(23)9-5-11(12(18)19)24-6-15(9,21-14(22)20)8-3-2-7(16)4-10(8)17/h2-4,9,11-12H,5-6H2,1H3,(H2,20,21)/t9-,11+,15+/m0/s1. The summed E-state index contributed by atoms with van der Waals surface area (Å²) < 4.78 is 58.7. The first-order valence-electron chi connectivity index (χ1n) is 7.26. The fourth-order valence-corrected chi connectivity index (χ4v) is 3.27. The average molecular weight is 345 g/mol. The van der Waals surface area contributed by atoms with E-state index in [-0.39, 0.29) is 17.9 Å². The van der Waals surface area contributed by atoms with Crippen molar-refractivity contribution in [3.05, 3.63) is 35.4 Å². The lowest BCUT2D eigenvalue weighted by molar-refractivity contribution is -0.161. The number of benzene rings is 1. The molecule has 0 unspecified atom stereocenters. The number of guanidine groups is 1. The highest BCUT2D eigenvalue weighted by Crippen LogP contribution is 2.43. The van der Waals surface area contributed by atoms with E-state index in [1.807, 2.05) is 0 Å². The van der Waals surface area contributed by atoms with Crippen LogP contribution in [0.25, 0.3) is 0 Å². The minimum atomic E-state index is -2.79. The van der Waals surface area contributed by atoms with Gasteiger partial charge in [0.1, 0.15) is 23.3 Å². The van der Waals surface area contributed by atoms with Gasteiger partial charge in [-0.1, -0.05) is 6.07 Å². The van der Waals surface area contributed by atoms with Crippen molar-refractivity contribution >= 4 is 11.9 Å². The Hall–Kier alpha value is -2.16. The maximum Gasteiger partial charge on any atom is 0.264 e. The van der Waals surface area contributed by atoms with E-state index in [1.54, 1.807) is 0 Å². The van der Waals surface area contributed by atoms with Gasteiger partial charge in [0.05, 0.1) is 12.5 Å². The van der Waals surface area contributed by atoms with Gasteiger partial charge >= 0.3 is 0 Å². The molecule has 9 heteroatoms. The molecule has 2 aliphatic rings. The maximum absolute atomic E-state index is 14.3. The zero-order chi connectivity index (χ0) is 17.6. The monoisotopic (exact) mass is 345 g/mol. The summed E-state index contributed by atoms with van der Waals surface area (Å²) in [4.78, 5) is 13.5. The number of fused-ring (bicyclic) bond motifs is 1. The van der Waals surface area contributed by atoms with Gasteiger partial charge < -0.3 is 10.1 Å². The summed E-state index contributed by atoms with van der Waals surface area (Å²) in [6.07, 6.45) is -4.59. The number of ether oxygens (including phenoxy) is 1. The lowest BCUT2D eigenvalue weighted by atomic mass is 9.72. The number of carbonyl (C=O) groups excluding carboxylic acids is 1. The molecule has 5 nitrogen and oxygen atoms in total. The van der Waals surface area contributed by atoms with Crippen LogP contribution in [-0.2, 0) is 15.1 Å². The summed E-state index contributed by atoms with van der Waals surface area (Å²) in [7, 11) is 1.33. The SMILES string of the molecule is CN1C(=N)N[C@@]2(c3ccc(F)cc3F)CO[C@@H](C(F)F)C[C@H]2C1=O. The Morgan fingerprint density at radius 3 is 2.75 bits per heavy atom. The van der Waals surface area contributed by atoms with Crippen LogP contribution in [0.3, 0.4) is 0 Å². The summed E-state index contributed by atoms with van der Waals surface area (Å²) in [6, 6.07) is 2.80. The van der Waals surface area contributed by atoms with E-state index in [2.05, 4.69) is 5.32 Å². The topological polar surface area (TPSA) is 65.4 Å². The number of rotatable bonds is 2. The summed E-state index contributed by atoms with van der Waals surface area (Å²) in [6.45, 7) is -0.433. The van der Waals surface area contributed by atoms with E-state index >= 15 is 0 Å². The first-order valence-corrected chi connectivity index (χ1v) is 7.26. The average Bonchev–Trinajstić information content (AvgIpc) is 2.52. The van der Waals surface area contributed by atoms with Gasteiger partial charge in [0, 0.05) is 18.7 Å². The van der Waals surface area contributed by atoms with Crippen LogP contribution in [-0.4, -0.2) is 43.0 Å². The van der Waals surface area contributed by atoms with Crippen molar-refractivity contribution in [2.75, 3.05) is 13.7 Å². The molecule has 1 amide bonds. The van der Waals surface area contributed by atoms with E-state index in [0.29, 0.717) is 6.07 Å². The maximum atomic E-state index is 14.3. The molecule has 130 valence electrons. The molecular formula is C15H15F4N3O2. The van der Waals surface area contributed by atoms with Crippen LogP contribution in [0.15, 0.2) is 18.2 Å². The van der Waals surface area contributed by atoms with Gasteiger partial charge in [-0.3, -0.25) is 15.1 Å². The third-order valence-electron chi connectivity index (χ3n) is 4.59. The molecule has 2 heterocycles. The number of halogens is 4. The molecule has 0 radical (unpaired) electrons. The van der Waals surface area contributed by atoms with Crippen LogP contribution < -0.4 is 5.32 Å². The molecule has 24 heavy (non-hydrogen) atoms. The van der Waals surface area contributed by atoms with Crippen molar-refractivity contribution in [3.8, 4) is 0 Å². The molecule has 0 saturated carbocycles. The fraction of sp³-hybridized carbons (Fsp3) is 0.467. The first kappa shape index (κ1) is 16.7. The molecule has 3 atom stereocenters. The van der Waals surface area contributed by atoms with Crippen molar-refractivity contribution in [1.82, 2.24) is 10.2 Å². The predicted octanol–water partition coefficient (Wildman–Crippen LogP) is 1.83. The lowest BCUT2D eigenvalue weighted by Crippen LogP contribution is -2.69. The van der Waals surface area contributed by atoms with E-state index in [1.165, 1.54) is 7.05 Å². The Balaban J connectivity index is 2.10. The Morgan fingerprint density at radius 1 is 1.42 bits per heavy atom. The number of nitrogens with one attached hydrogen (secondary N) is 2. The van der Waals surface area contributed by atoms with Crippen molar-refractivity contribution in [3.63, 3.8) is 0 Å². The van der Waals surface area contributed by atoms with Crippen LogP contribution in [0.1, 0.15) is 12.0 Å². The molecule has 2 aliphatic heterocycles. The van der Waals surface area contributed by atoms with Gasteiger partial charge in [0.15, 0.2) is 5.96 Å². The van der Waals surface area contributed by atoms with Crippen LogP contribution in [0.5, 0.6) is 0 Å². The fourth-order valence-electron chi connectivity index (χ4n) is 3.27. The molecular weight excluding hydrogens is 330 g/mol. The minimum absolute atomic E-state index is 0.0900. The molecule has 0 aliphatic carbocycles. The van der Waals surface area contributed by atoms with Crippen molar-refractivity contribution in [1.29, 1.82) is 5.41 Å². The van der Waals surface area contributed by atoms with Gasteiger partial charge in [-0.15, -0.1) is 0 Å². The zero-order valence-corrected chi connectivity index (χ0v) is 12.7. The van der Waals surface area contributed by atoms with Crippen LogP contribution in [0.2, 0.25) is 0 Å². The second kappa shape index (κ2) is 5.73. The molecule has 0 bridgehead atoms. The molecule has 0 spiro atoms. The summed E-state index contributed by atoms with van der Waals surface area (Å²) in [5, 5.41) is 10.6. The number of hydrogen-bond acceptors (Lipinski definition) is 3. The lowest BCUT2D eigenvalue weighted by Gasteiger charge is -2.51. The summed E-state index contributed by atoms with van der Waals surface area (Å²) in [5.41, 5.74) is -1.61.